The van der Waals surface area contributed by atoms with E-state index in [-0.39, 0.29) is 0 Å². The molecule has 2 rings (SSSR count). The highest BCUT2D eigenvalue weighted by Crippen LogP contribution is 2.20. The minimum atomic E-state index is 0.531. The first-order valence-corrected chi connectivity index (χ1v) is 9.16. The fourth-order valence-corrected chi connectivity index (χ4v) is 3.28. The molecule has 2 aliphatic rings. The van der Waals surface area contributed by atoms with E-state index >= 15 is 0 Å². The van der Waals surface area contributed by atoms with Crippen molar-refractivity contribution in [3.8, 4) is 0 Å². The first kappa shape index (κ1) is 18.9. The summed E-state index contributed by atoms with van der Waals surface area (Å²) in [6, 6.07) is 0. The van der Waals surface area contributed by atoms with Gasteiger partial charge in [-0.05, 0) is 57.7 Å². The monoisotopic (exact) mass is 298 g/mol. The Bertz CT molecular complexity index is 242. The Morgan fingerprint density at radius 1 is 0.952 bits per heavy atom. The molecule has 21 heavy (non-hydrogen) atoms. The van der Waals surface area contributed by atoms with Crippen LogP contribution in [0.3, 0.4) is 0 Å². The number of likely N-dealkylation sites (tertiary alicyclic amines) is 2. The molecule has 0 spiro atoms. The van der Waals surface area contributed by atoms with Crippen molar-refractivity contribution in [2.45, 2.75) is 59.5 Å². The minimum Gasteiger partial charge on any atom is -0.378 e. The number of rotatable bonds is 5. The molecule has 0 amide bonds. The Balaban J connectivity index is 0.00000106. The summed E-state index contributed by atoms with van der Waals surface area (Å²) in [6.07, 6.45) is 5.65. The van der Waals surface area contributed by atoms with Crippen LogP contribution in [-0.2, 0) is 4.74 Å². The Labute approximate surface area is 133 Å². The molecule has 0 bridgehead atoms. The maximum Gasteiger partial charge on any atom is 0.0599 e. The molecule has 0 saturated carbocycles. The number of hydrogen-bond donors (Lipinski definition) is 0. The third-order valence-electron chi connectivity index (χ3n) is 4.56. The Hall–Kier alpha value is -0.120. The molecule has 0 atom stereocenters. The van der Waals surface area contributed by atoms with E-state index in [0.717, 1.165) is 18.4 Å². The van der Waals surface area contributed by atoms with E-state index in [1.807, 2.05) is 13.8 Å². The van der Waals surface area contributed by atoms with Gasteiger partial charge < -0.3 is 14.5 Å². The van der Waals surface area contributed by atoms with Crippen LogP contribution in [0.25, 0.3) is 0 Å². The normalized spacial score (nSPS) is 23.1. The topological polar surface area (TPSA) is 15.7 Å². The zero-order chi connectivity index (χ0) is 15.7. The molecule has 3 heteroatoms. The van der Waals surface area contributed by atoms with E-state index < -0.39 is 0 Å². The van der Waals surface area contributed by atoms with E-state index in [1.54, 1.807) is 0 Å². The van der Waals surface area contributed by atoms with Crippen molar-refractivity contribution in [1.29, 1.82) is 0 Å². The van der Waals surface area contributed by atoms with Crippen molar-refractivity contribution >= 4 is 0 Å². The molecular weight excluding hydrogens is 260 g/mol. The van der Waals surface area contributed by atoms with Crippen molar-refractivity contribution < 1.29 is 4.74 Å². The van der Waals surface area contributed by atoms with Crippen LogP contribution in [0.1, 0.15) is 53.4 Å². The summed E-state index contributed by atoms with van der Waals surface area (Å²) in [5.41, 5.74) is 0. The first-order chi connectivity index (χ1) is 10.1. The fourth-order valence-electron chi connectivity index (χ4n) is 3.28. The molecule has 126 valence electrons. The molecule has 2 fully saturated rings. The van der Waals surface area contributed by atoms with Crippen molar-refractivity contribution in [2.75, 3.05) is 46.4 Å². The summed E-state index contributed by atoms with van der Waals surface area (Å²) in [7, 11) is 2.22. The van der Waals surface area contributed by atoms with Gasteiger partial charge >= 0.3 is 0 Å². The third-order valence-corrected chi connectivity index (χ3v) is 4.56. The summed E-state index contributed by atoms with van der Waals surface area (Å²) >= 11 is 0. The molecule has 0 aromatic carbocycles. The highest BCUT2D eigenvalue weighted by Gasteiger charge is 2.22. The largest absolute Gasteiger partial charge is 0.378 e. The maximum atomic E-state index is 6.17. The van der Waals surface area contributed by atoms with Gasteiger partial charge in [-0.15, -0.1) is 0 Å². The molecule has 0 radical (unpaired) electrons. The Kier molecular flexibility index (Phi) is 9.54. The standard InChI is InChI=1S/C16H32N2O.C2H6/c1-14(2)12-18-10-6-16(7-11-18)19-13-15-4-8-17(3)9-5-15;1-2/h14-16H,4-13H2,1-3H3;1-2H3. The van der Waals surface area contributed by atoms with Crippen LogP contribution in [0.15, 0.2) is 0 Å². The van der Waals surface area contributed by atoms with Gasteiger partial charge in [-0.2, -0.15) is 0 Å². The molecule has 0 N–H and O–H groups in total. The SMILES string of the molecule is CC.CC(C)CN1CCC(OCC2CCN(C)CC2)CC1. The van der Waals surface area contributed by atoms with E-state index in [0.29, 0.717) is 6.10 Å². The molecule has 0 aliphatic carbocycles. The van der Waals surface area contributed by atoms with Gasteiger partial charge in [0, 0.05) is 26.2 Å². The number of nitrogens with zero attached hydrogens (tertiary/aromatic N) is 2. The van der Waals surface area contributed by atoms with Crippen molar-refractivity contribution in [1.82, 2.24) is 9.80 Å². The molecule has 2 heterocycles. The van der Waals surface area contributed by atoms with E-state index in [9.17, 15) is 0 Å². The van der Waals surface area contributed by atoms with Crippen LogP contribution in [0.5, 0.6) is 0 Å². The summed E-state index contributed by atoms with van der Waals surface area (Å²) in [4.78, 5) is 5.03. The van der Waals surface area contributed by atoms with Crippen LogP contribution in [0.4, 0.5) is 0 Å². The lowest BCUT2D eigenvalue weighted by Crippen LogP contribution is -2.40. The fraction of sp³-hybridized carbons (Fsp3) is 1.00. The van der Waals surface area contributed by atoms with Gasteiger partial charge in [-0.3, -0.25) is 0 Å². The summed E-state index contributed by atoms with van der Waals surface area (Å²) in [5, 5.41) is 0. The van der Waals surface area contributed by atoms with Gasteiger partial charge in [-0.1, -0.05) is 27.7 Å². The van der Waals surface area contributed by atoms with Gasteiger partial charge in [0.2, 0.25) is 0 Å². The minimum absolute atomic E-state index is 0.531. The van der Waals surface area contributed by atoms with Gasteiger partial charge in [0.15, 0.2) is 0 Å². The van der Waals surface area contributed by atoms with Crippen LogP contribution < -0.4 is 0 Å². The highest BCUT2D eigenvalue weighted by molar-refractivity contribution is 4.75. The van der Waals surface area contributed by atoms with Gasteiger partial charge in [0.25, 0.3) is 0 Å². The molecule has 3 nitrogen and oxygen atoms in total. The highest BCUT2D eigenvalue weighted by atomic mass is 16.5. The van der Waals surface area contributed by atoms with E-state index in [1.165, 1.54) is 58.4 Å². The summed E-state index contributed by atoms with van der Waals surface area (Å²) < 4.78 is 6.17. The Morgan fingerprint density at radius 3 is 2.05 bits per heavy atom. The van der Waals surface area contributed by atoms with Crippen molar-refractivity contribution in [3.05, 3.63) is 0 Å². The smallest absolute Gasteiger partial charge is 0.0599 e. The lowest BCUT2D eigenvalue weighted by molar-refractivity contribution is -0.0193. The zero-order valence-electron chi connectivity index (χ0n) is 15.1. The van der Waals surface area contributed by atoms with Crippen LogP contribution >= 0.6 is 0 Å². The summed E-state index contributed by atoms with van der Waals surface area (Å²) in [5.74, 6) is 1.60. The quantitative estimate of drug-likeness (QED) is 0.773. The number of ether oxygens (including phenoxy) is 1. The maximum absolute atomic E-state index is 6.17. The van der Waals surface area contributed by atoms with Crippen LogP contribution in [0, 0.1) is 11.8 Å². The van der Waals surface area contributed by atoms with Gasteiger partial charge in [-0.25, -0.2) is 0 Å². The molecule has 2 aliphatic heterocycles. The average Bonchev–Trinajstić information content (AvgIpc) is 2.50. The molecule has 2 saturated heterocycles. The van der Waals surface area contributed by atoms with Crippen molar-refractivity contribution in [2.24, 2.45) is 11.8 Å². The molecule has 0 aromatic heterocycles. The zero-order valence-corrected chi connectivity index (χ0v) is 15.1. The second kappa shape index (κ2) is 10.6. The average molecular weight is 299 g/mol. The molecule has 0 unspecified atom stereocenters. The summed E-state index contributed by atoms with van der Waals surface area (Å²) in [6.45, 7) is 15.8. The third kappa shape index (κ3) is 7.62. The van der Waals surface area contributed by atoms with E-state index in [4.69, 9.17) is 4.74 Å². The second-order valence-electron chi connectivity index (χ2n) is 6.97. The lowest BCUT2D eigenvalue weighted by Gasteiger charge is -2.34. The second-order valence-corrected chi connectivity index (χ2v) is 6.97. The van der Waals surface area contributed by atoms with Crippen LogP contribution in [0.2, 0.25) is 0 Å². The predicted octanol–water partition coefficient (Wildman–Crippen LogP) is 3.49. The predicted molar refractivity (Wildman–Crippen MR) is 91.8 cm³/mol. The lowest BCUT2D eigenvalue weighted by atomic mass is 9.98. The Morgan fingerprint density at radius 2 is 1.52 bits per heavy atom. The number of piperidine rings is 2. The first-order valence-electron chi connectivity index (χ1n) is 9.16. The van der Waals surface area contributed by atoms with Crippen molar-refractivity contribution in [3.63, 3.8) is 0 Å². The van der Waals surface area contributed by atoms with Gasteiger partial charge in [0.1, 0.15) is 0 Å². The van der Waals surface area contributed by atoms with Crippen LogP contribution in [-0.4, -0.2) is 62.3 Å². The van der Waals surface area contributed by atoms with Gasteiger partial charge in [0.05, 0.1) is 6.10 Å². The molecule has 0 aromatic rings. The number of hydrogen-bond acceptors (Lipinski definition) is 3. The van der Waals surface area contributed by atoms with E-state index in [2.05, 4.69) is 30.7 Å². The molecular formula is C18H38N2O.